The number of imidazole rings is 1. The molecule has 2 atom stereocenters. The van der Waals surface area contributed by atoms with E-state index in [1.54, 1.807) is 49.1 Å². The molecule has 2 rings (SSSR count). The van der Waals surface area contributed by atoms with Crippen molar-refractivity contribution in [2.75, 3.05) is 0 Å². The highest BCUT2D eigenvalue weighted by molar-refractivity contribution is 5.19. The number of hydrogen-bond acceptors (Lipinski definition) is 2. The molecule has 1 N–H and O–H groups in total. The molecule has 0 aliphatic rings. The van der Waals surface area contributed by atoms with Gasteiger partial charge in [-0.25, -0.2) is 4.98 Å². The molecule has 0 saturated heterocycles. The minimum atomic E-state index is -4.21. The van der Waals surface area contributed by atoms with Gasteiger partial charge in [0.1, 0.15) is 0 Å². The topological polar surface area (TPSA) is 29.9 Å². The van der Waals surface area contributed by atoms with Gasteiger partial charge in [-0.2, -0.15) is 13.2 Å². The van der Waals surface area contributed by atoms with Gasteiger partial charge in [-0.15, -0.1) is 0 Å². The molecule has 0 aliphatic carbocycles. The van der Waals surface area contributed by atoms with E-state index in [4.69, 9.17) is 0 Å². The minimum Gasteiger partial charge on any atom is -0.336 e. The zero-order chi connectivity index (χ0) is 15.3. The van der Waals surface area contributed by atoms with Gasteiger partial charge in [-0.3, -0.25) is 0 Å². The quantitative estimate of drug-likeness (QED) is 0.883. The van der Waals surface area contributed by atoms with Crippen LogP contribution in [-0.4, -0.2) is 21.8 Å². The number of benzene rings is 1. The lowest BCUT2D eigenvalue weighted by molar-refractivity contribution is -0.140. The highest BCUT2D eigenvalue weighted by Crippen LogP contribution is 2.29. The number of aromatic nitrogens is 2. The van der Waals surface area contributed by atoms with E-state index in [1.165, 1.54) is 0 Å². The predicted molar refractivity (Wildman–Crippen MR) is 74.7 cm³/mol. The first-order chi connectivity index (χ1) is 9.94. The van der Waals surface area contributed by atoms with Gasteiger partial charge in [0.2, 0.25) is 0 Å². The molecule has 21 heavy (non-hydrogen) atoms. The molecule has 0 amide bonds. The average Bonchev–Trinajstić information content (AvgIpc) is 2.90. The summed E-state index contributed by atoms with van der Waals surface area (Å²) in [6.45, 7) is 2.44. The Morgan fingerprint density at radius 3 is 2.52 bits per heavy atom. The molecule has 0 aliphatic heterocycles. The summed E-state index contributed by atoms with van der Waals surface area (Å²) >= 11 is 0. The Kier molecular flexibility index (Phi) is 5.01. The van der Waals surface area contributed by atoms with Gasteiger partial charge in [0.25, 0.3) is 0 Å². The van der Waals surface area contributed by atoms with Crippen LogP contribution in [0.2, 0.25) is 0 Å². The van der Waals surface area contributed by atoms with Crippen molar-refractivity contribution < 1.29 is 13.2 Å². The molecule has 6 heteroatoms. The summed E-state index contributed by atoms with van der Waals surface area (Å²) in [5, 5.41) is 3.06. The lowest BCUT2D eigenvalue weighted by Gasteiger charge is -2.25. The number of hydrogen-bond donors (Lipinski definition) is 1. The summed E-state index contributed by atoms with van der Waals surface area (Å²) in [6, 6.07) is 7.88. The largest absolute Gasteiger partial charge is 0.390 e. The van der Waals surface area contributed by atoms with Crippen LogP contribution in [0.15, 0.2) is 49.1 Å². The molecule has 1 heterocycles. The fourth-order valence-corrected chi connectivity index (χ4v) is 2.30. The van der Waals surface area contributed by atoms with Gasteiger partial charge in [-0.05, 0) is 12.5 Å². The second-order valence-electron chi connectivity index (χ2n) is 5.11. The smallest absolute Gasteiger partial charge is 0.336 e. The molecule has 0 fully saturated rings. The van der Waals surface area contributed by atoms with Crippen LogP contribution in [0, 0.1) is 0 Å². The third kappa shape index (κ3) is 5.23. The van der Waals surface area contributed by atoms with E-state index in [0.29, 0.717) is 12.1 Å². The van der Waals surface area contributed by atoms with Crippen molar-refractivity contribution in [2.45, 2.75) is 38.1 Å². The maximum absolute atomic E-state index is 12.8. The van der Waals surface area contributed by atoms with Crippen LogP contribution in [0.5, 0.6) is 0 Å². The van der Waals surface area contributed by atoms with E-state index in [2.05, 4.69) is 10.3 Å². The molecule has 0 saturated carbocycles. The van der Waals surface area contributed by atoms with Crippen molar-refractivity contribution in [3.05, 3.63) is 54.6 Å². The number of halogens is 3. The zero-order valence-corrected chi connectivity index (χ0v) is 11.7. The van der Waals surface area contributed by atoms with Crippen LogP contribution in [0.1, 0.15) is 24.9 Å². The molecule has 0 spiro atoms. The average molecular weight is 297 g/mol. The summed E-state index contributed by atoms with van der Waals surface area (Å²) in [6.07, 6.45) is 0.00352. The number of nitrogens with zero attached hydrogens (tertiary/aromatic N) is 2. The molecule has 1 aromatic carbocycles. The van der Waals surface area contributed by atoms with Gasteiger partial charge in [-0.1, -0.05) is 30.3 Å². The standard InChI is InChI=1S/C15H18F3N3/c1-12(10-21-8-7-19-11-21)20-14(9-15(16,17)18)13-5-3-2-4-6-13/h2-8,11-12,14,20H,9-10H2,1H3. The molecule has 0 radical (unpaired) electrons. The van der Waals surface area contributed by atoms with Gasteiger partial charge in [0.15, 0.2) is 0 Å². The van der Waals surface area contributed by atoms with Crippen molar-refractivity contribution in [3.8, 4) is 0 Å². The summed E-state index contributed by atoms with van der Waals surface area (Å²) in [5.74, 6) is 0. The monoisotopic (exact) mass is 297 g/mol. The number of alkyl halides is 3. The van der Waals surface area contributed by atoms with Gasteiger partial charge in [0.05, 0.1) is 12.7 Å². The number of rotatable bonds is 6. The summed E-state index contributed by atoms with van der Waals surface area (Å²) in [4.78, 5) is 3.93. The Hall–Kier alpha value is -1.82. The Morgan fingerprint density at radius 1 is 1.24 bits per heavy atom. The van der Waals surface area contributed by atoms with Crippen molar-refractivity contribution in [1.29, 1.82) is 0 Å². The van der Waals surface area contributed by atoms with Crippen molar-refractivity contribution in [2.24, 2.45) is 0 Å². The Labute approximate surface area is 121 Å². The molecule has 2 aromatic rings. The van der Waals surface area contributed by atoms with Crippen LogP contribution in [0.25, 0.3) is 0 Å². The lowest BCUT2D eigenvalue weighted by Crippen LogP contribution is -2.36. The van der Waals surface area contributed by atoms with Crippen LogP contribution >= 0.6 is 0 Å². The molecule has 114 valence electrons. The zero-order valence-electron chi connectivity index (χ0n) is 11.7. The third-order valence-electron chi connectivity index (χ3n) is 3.17. The normalized spacial score (nSPS) is 14.9. The van der Waals surface area contributed by atoms with Gasteiger partial charge < -0.3 is 9.88 Å². The fourth-order valence-electron chi connectivity index (χ4n) is 2.30. The van der Waals surface area contributed by atoms with Crippen LogP contribution < -0.4 is 5.32 Å². The first-order valence-corrected chi connectivity index (χ1v) is 6.77. The predicted octanol–water partition coefficient (Wildman–Crippen LogP) is 3.55. The van der Waals surface area contributed by atoms with Crippen LogP contribution in [-0.2, 0) is 6.54 Å². The van der Waals surface area contributed by atoms with Crippen LogP contribution in [0.4, 0.5) is 13.2 Å². The van der Waals surface area contributed by atoms with Gasteiger partial charge >= 0.3 is 6.18 Å². The van der Waals surface area contributed by atoms with E-state index in [-0.39, 0.29) is 6.04 Å². The van der Waals surface area contributed by atoms with Crippen molar-refractivity contribution in [3.63, 3.8) is 0 Å². The molecular weight excluding hydrogens is 279 g/mol. The molecular formula is C15H18F3N3. The van der Waals surface area contributed by atoms with Crippen molar-refractivity contribution >= 4 is 0 Å². The molecule has 3 nitrogen and oxygen atoms in total. The van der Waals surface area contributed by atoms with Crippen LogP contribution in [0.3, 0.4) is 0 Å². The highest BCUT2D eigenvalue weighted by Gasteiger charge is 2.33. The van der Waals surface area contributed by atoms with E-state index < -0.39 is 18.6 Å². The second-order valence-corrected chi connectivity index (χ2v) is 5.11. The fraction of sp³-hybridized carbons (Fsp3) is 0.400. The highest BCUT2D eigenvalue weighted by atomic mass is 19.4. The molecule has 0 bridgehead atoms. The second kappa shape index (κ2) is 6.76. The van der Waals surface area contributed by atoms with E-state index in [1.807, 2.05) is 11.5 Å². The van der Waals surface area contributed by atoms with E-state index >= 15 is 0 Å². The van der Waals surface area contributed by atoms with Crippen molar-refractivity contribution in [1.82, 2.24) is 14.9 Å². The Morgan fingerprint density at radius 2 is 1.95 bits per heavy atom. The molecule has 2 unspecified atom stereocenters. The summed E-state index contributed by atoms with van der Waals surface area (Å²) < 4.78 is 40.1. The van der Waals surface area contributed by atoms with E-state index in [0.717, 1.165) is 0 Å². The van der Waals surface area contributed by atoms with Gasteiger partial charge in [0, 0.05) is 31.0 Å². The molecule has 1 aromatic heterocycles. The first-order valence-electron chi connectivity index (χ1n) is 6.77. The summed E-state index contributed by atoms with van der Waals surface area (Å²) in [7, 11) is 0. The Balaban J connectivity index is 2.05. The Bertz CT molecular complexity index is 523. The number of nitrogens with one attached hydrogen (secondary N) is 1. The van der Waals surface area contributed by atoms with E-state index in [9.17, 15) is 13.2 Å². The first kappa shape index (κ1) is 15.6. The summed E-state index contributed by atoms with van der Waals surface area (Å²) in [5.41, 5.74) is 0.646. The minimum absolute atomic E-state index is 0.105. The third-order valence-corrected chi connectivity index (χ3v) is 3.17. The maximum atomic E-state index is 12.8. The lowest BCUT2D eigenvalue weighted by atomic mass is 10.0. The SMILES string of the molecule is CC(Cn1ccnc1)NC(CC(F)(F)F)c1ccccc1. The maximum Gasteiger partial charge on any atom is 0.390 e.